The summed E-state index contributed by atoms with van der Waals surface area (Å²) in [5, 5.41) is 15.1. The van der Waals surface area contributed by atoms with Gasteiger partial charge in [0.2, 0.25) is 5.91 Å². The van der Waals surface area contributed by atoms with E-state index < -0.39 is 0 Å². The maximum Gasteiger partial charge on any atom is 0.231 e. The van der Waals surface area contributed by atoms with Gasteiger partial charge in [-0.15, -0.1) is 21.5 Å². The fourth-order valence-electron chi connectivity index (χ4n) is 2.81. The molecule has 0 saturated carbocycles. The molecule has 0 spiro atoms. The number of thiazole rings is 1. The van der Waals surface area contributed by atoms with Gasteiger partial charge < -0.3 is 9.88 Å². The molecule has 0 radical (unpaired) electrons. The second-order valence-corrected chi connectivity index (χ2v) is 8.60. The minimum atomic E-state index is -0.0669. The number of benzene rings is 1. The lowest BCUT2D eigenvalue weighted by atomic mass is 10.2. The molecule has 0 atom stereocenters. The number of aromatic nitrogens is 5. The molecule has 3 aromatic heterocycles. The largest absolute Gasteiger partial charge is 0.326 e. The second-order valence-electron chi connectivity index (χ2n) is 6.71. The number of pyridine rings is 1. The summed E-state index contributed by atoms with van der Waals surface area (Å²) in [6.45, 7) is 2.02. The summed E-state index contributed by atoms with van der Waals surface area (Å²) in [6, 6.07) is 11.6. The number of rotatable bonds is 7. The Balaban J connectivity index is 1.33. The smallest absolute Gasteiger partial charge is 0.231 e. The molecule has 0 fully saturated rings. The normalized spacial score (nSPS) is 10.9. The van der Waals surface area contributed by atoms with E-state index >= 15 is 0 Å². The first-order valence-electron chi connectivity index (χ1n) is 9.31. The van der Waals surface area contributed by atoms with Crippen molar-refractivity contribution in [2.45, 2.75) is 24.3 Å². The standard InChI is InChI=1S/C21H20N6OS2/c1-14-3-5-16(6-4-14)23-18(28)11-19-24-17(12-29-19)13-30-21-26-25-20(27(21)2)15-7-9-22-10-8-15/h3-10,12H,11,13H2,1-2H3,(H,23,28). The van der Waals surface area contributed by atoms with E-state index in [9.17, 15) is 4.79 Å². The van der Waals surface area contributed by atoms with E-state index in [1.54, 1.807) is 24.2 Å². The van der Waals surface area contributed by atoms with Crippen LogP contribution in [0.4, 0.5) is 5.69 Å². The van der Waals surface area contributed by atoms with Crippen LogP contribution in [0.2, 0.25) is 0 Å². The Labute approximate surface area is 182 Å². The molecule has 7 nitrogen and oxygen atoms in total. The number of amides is 1. The van der Waals surface area contributed by atoms with Gasteiger partial charge in [0.15, 0.2) is 11.0 Å². The minimum Gasteiger partial charge on any atom is -0.326 e. The molecule has 1 aromatic carbocycles. The van der Waals surface area contributed by atoms with Gasteiger partial charge in [0.25, 0.3) is 0 Å². The molecule has 1 amide bonds. The van der Waals surface area contributed by atoms with Gasteiger partial charge in [-0.1, -0.05) is 29.5 Å². The predicted octanol–water partition coefficient (Wildman–Crippen LogP) is 4.12. The van der Waals surface area contributed by atoms with Crippen molar-refractivity contribution in [3.8, 4) is 11.4 Å². The van der Waals surface area contributed by atoms with Gasteiger partial charge in [-0.25, -0.2) is 4.98 Å². The van der Waals surface area contributed by atoms with Gasteiger partial charge in [-0.05, 0) is 31.2 Å². The summed E-state index contributed by atoms with van der Waals surface area (Å²) >= 11 is 3.07. The third-order valence-corrected chi connectivity index (χ3v) is 6.32. The van der Waals surface area contributed by atoms with Crippen LogP contribution in [-0.4, -0.2) is 30.6 Å². The third-order valence-electron chi connectivity index (χ3n) is 4.37. The number of anilines is 1. The molecule has 0 aliphatic heterocycles. The summed E-state index contributed by atoms with van der Waals surface area (Å²) in [5.74, 6) is 1.40. The fraction of sp³-hybridized carbons (Fsp3) is 0.190. The van der Waals surface area contributed by atoms with Crippen molar-refractivity contribution in [2.24, 2.45) is 7.05 Å². The lowest BCUT2D eigenvalue weighted by molar-refractivity contribution is -0.115. The minimum absolute atomic E-state index is 0.0669. The number of carbonyl (C=O) groups is 1. The maximum atomic E-state index is 12.3. The Morgan fingerprint density at radius 2 is 1.90 bits per heavy atom. The lowest BCUT2D eigenvalue weighted by Gasteiger charge is -2.04. The molecule has 1 N–H and O–H groups in total. The van der Waals surface area contributed by atoms with Gasteiger partial charge in [0, 0.05) is 41.8 Å². The molecule has 3 heterocycles. The van der Waals surface area contributed by atoms with Crippen LogP contribution in [0.3, 0.4) is 0 Å². The van der Waals surface area contributed by atoms with Crippen molar-refractivity contribution in [1.82, 2.24) is 24.7 Å². The number of aryl methyl sites for hydroxylation is 1. The number of nitrogens with zero attached hydrogens (tertiary/aromatic N) is 5. The average Bonchev–Trinajstić information content (AvgIpc) is 3.35. The zero-order valence-electron chi connectivity index (χ0n) is 16.6. The van der Waals surface area contributed by atoms with E-state index in [1.807, 2.05) is 60.3 Å². The number of nitrogens with one attached hydrogen (secondary N) is 1. The molecule has 152 valence electrons. The summed E-state index contributed by atoms with van der Waals surface area (Å²) in [7, 11) is 1.94. The Hall–Kier alpha value is -3.04. The first-order valence-corrected chi connectivity index (χ1v) is 11.2. The Morgan fingerprint density at radius 3 is 2.67 bits per heavy atom. The number of hydrogen-bond donors (Lipinski definition) is 1. The van der Waals surface area contributed by atoms with Crippen LogP contribution >= 0.6 is 23.1 Å². The summed E-state index contributed by atoms with van der Waals surface area (Å²) in [4.78, 5) is 20.9. The van der Waals surface area contributed by atoms with Crippen LogP contribution in [0.15, 0.2) is 59.3 Å². The molecule has 0 aliphatic carbocycles. The van der Waals surface area contributed by atoms with Gasteiger partial charge in [-0.3, -0.25) is 9.78 Å². The first kappa shape index (κ1) is 20.2. The van der Waals surface area contributed by atoms with E-state index in [1.165, 1.54) is 11.3 Å². The van der Waals surface area contributed by atoms with Crippen LogP contribution < -0.4 is 5.32 Å². The van der Waals surface area contributed by atoms with E-state index in [0.29, 0.717) is 5.75 Å². The molecule has 0 bridgehead atoms. The molecule has 4 aromatic rings. The van der Waals surface area contributed by atoms with Crippen LogP contribution in [-0.2, 0) is 24.0 Å². The summed E-state index contributed by atoms with van der Waals surface area (Å²) < 4.78 is 1.96. The molecule has 9 heteroatoms. The molecule has 0 aliphatic rings. The number of carbonyl (C=O) groups excluding carboxylic acids is 1. The van der Waals surface area contributed by atoms with Crippen molar-refractivity contribution < 1.29 is 4.79 Å². The molecular formula is C21H20N6OS2. The maximum absolute atomic E-state index is 12.3. The summed E-state index contributed by atoms with van der Waals surface area (Å²) in [5.41, 5.74) is 3.86. The lowest BCUT2D eigenvalue weighted by Crippen LogP contribution is -2.14. The van der Waals surface area contributed by atoms with Crippen LogP contribution in [0.1, 0.15) is 16.3 Å². The zero-order chi connectivity index (χ0) is 20.9. The van der Waals surface area contributed by atoms with E-state index in [4.69, 9.17) is 0 Å². The first-order chi connectivity index (χ1) is 14.6. The van der Waals surface area contributed by atoms with E-state index in [2.05, 4.69) is 25.5 Å². The van der Waals surface area contributed by atoms with Crippen LogP contribution in [0, 0.1) is 6.92 Å². The van der Waals surface area contributed by atoms with Gasteiger partial charge in [0.1, 0.15) is 5.01 Å². The monoisotopic (exact) mass is 436 g/mol. The predicted molar refractivity (Wildman–Crippen MR) is 119 cm³/mol. The molecule has 4 rings (SSSR count). The average molecular weight is 437 g/mol. The van der Waals surface area contributed by atoms with Crippen molar-refractivity contribution in [1.29, 1.82) is 0 Å². The molecule has 0 unspecified atom stereocenters. The Kier molecular flexibility index (Phi) is 6.20. The quantitative estimate of drug-likeness (QED) is 0.439. The van der Waals surface area contributed by atoms with Crippen LogP contribution in [0.25, 0.3) is 11.4 Å². The zero-order valence-corrected chi connectivity index (χ0v) is 18.2. The number of hydrogen-bond acceptors (Lipinski definition) is 7. The molecular weight excluding hydrogens is 416 g/mol. The van der Waals surface area contributed by atoms with Crippen LogP contribution in [0.5, 0.6) is 0 Å². The van der Waals surface area contributed by atoms with Gasteiger partial charge >= 0.3 is 0 Å². The van der Waals surface area contributed by atoms with Crippen molar-refractivity contribution in [3.63, 3.8) is 0 Å². The Bertz CT molecular complexity index is 1140. The topological polar surface area (TPSA) is 85.6 Å². The van der Waals surface area contributed by atoms with Crippen molar-refractivity contribution in [3.05, 3.63) is 70.4 Å². The highest BCUT2D eigenvalue weighted by atomic mass is 32.2. The fourth-order valence-corrected chi connectivity index (χ4v) is 4.51. The Morgan fingerprint density at radius 1 is 1.13 bits per heavy atom. The van der Waals surface area contributed by atoms with Gasteiger partial charge in [-0.2, -0.15) is 0 Å². The highest BCUT2D eigenvalue weighted by molar-refractivity contribution is 7.98. The third kappa shape index (κ3) is 4.92. The van der Waals surface area contributed by atoms with E-state index in [-0.39, 0.29) is 12.3 Å². The second kappa shape index (κ2) is 9.19. The molecule has 30 heavy (non-hydrogen) atoms. The summed E-state index contributed by atoms with van der Waals surface area (Å²) in [6.07, 6.45) is 3.74. The van der Waals surface area contributed by atoms with Gasteiger partial charge in [0.05, 0.1) is 12.1 Å². The van der Waals surface area contributed by atoms with E-state index in [0.717, 1.165) is 38.5 Å². The van der Waals surface area contributed by atoms with Crippen molar-refractivity contribution in [2.75, 3.05) is 5.32 Å². The SMILES string of the molecule is Cc1ccc(NC(=O)Cc2nc(CSc3nnc(-c4ccncc4)n3C)cs2)cc1. The highest BCUT2D eigenvalue weighted by Crippen LogP contribution is 2.25. The van der Waals surface area contributed by atoms with Crippen molar-refractivity contribution >= 4 is 34.7 Å². The number of thioether (sulfide) groups is 1. The highest BCUT2D eigenvalue weighted by Gasteiger charge is 2.13. The molecule has 0 saturated heterocycles.